The summed E-state index contributed by atoms with van der Waals surface area (Å²) in [6.45, 7) is 0. The molecule has 0 amide bonds. The highest BCUT2D eigenvalue weighted by molar-refractivity contribution is 6.22. The first-order chi connectivity index (χ1) is 22.3. The standard InChI is InChI=1S/C44H26O/c1-2-10-28(11-3-1)42-38-24-29(18-19-32(38)23-33-20-17-27-9-4-7-14-35(27)43(33)42)30-21-22-40-39(25-30)37-16-8-15-36-34-13-6-5-12-31(34)26-41(45-40)44(36)37/h1-26H. The van der Waals surface area contributed by atoms with E-state index in [1.807, 2.05) is 0 Å². The Morgan fingerprint density at radius 3 is 1.91 bits per heavy atom. The number of ether oxygens (including phenoxy) is 1. The first-order valence-electron chi connectivity index (χ1n) is 15.5. The molecule has 9 aromatic carbocycles. The minimum atomic E-state index is 0.900. The first kappa shape index (κ1) is 24.5. The van der Waals surface area contributed by atoms with Crippen LogP contribution in [-0.4, -0.2) is 0 Å². The Morgan fingerprint density at radius 2 is 1.00 bits per heavy atom. The predicted molar refractivity (Wildman–Crippen MR) is 190 cm³/mol. The fraction of sp³-hybridized carbons (Fsp3) is 0. The predicted octanol–water partition coefficient (Wildman–Crippen LogP) is 12.6. The summed E-state index contributed by atoms with van der Waals surface area (Å²) < 4.78 is 6.58. The number of fused-ring (bicyclic) bond motifs is 8. The molecule has 1 nitrogen and oxygen atoms in total. The summed E-state index contributed by atoms with van der Waals surface area (Å²) >= 11 is 0. The van der Waals surface area contributed by atoms with E-state index in [-0.39, 0.29) is 0 Å². The average Bonchev–Trinajstić information content (AvgIpc) is 3.10. The molecule has 0 bridgehead atoms. The summed E-state index contributed by atoms with van der Waals surface area (Å²) in [5, 5.41) is 12.5. The van der Waals surface area contributed by atoms with Gasteiger partial charge in [0, 0.05) is 10.9 Å². The molecule has 10 rings (SSSR count). The van der Waals surface area contributed by atoms with Crippen LogP contribution >= 0.6 is 0 Å². The second-order valence-corrected chi connectivity index (χ2v) is 12.1. The zero-order chi connectivity index (χ0) is 29.5. The summed E-state index contributed by atoms with van der Waals surface area (Å²) in [6, 6.07) is 57.4. The second kappa shape index (κ2) is 9.29. The van der Waals surface area contributed by atoms with Crippen molar-refractivity contribution in [2.45, 2.75) is 0 Å². The molecule has 1 aliphatic rings. The average molecular weight is 571 g/mol. The van der Waals surface area contributed by atoms with Crippen molar-refractivity contribution in [3.8, 4) is 44.9 Å². The van der Waals surface area contributed by atoms with E-state index in [4.69, 9.17) is 4.74 Å². The van der Waals surface area contributed by atoms with Crippen molar-refractivity contribution in [2.75, 3.05) is 0 Å². The van der Waals surface area contributed by atoms with Gasteiger partial charge in [-0.2, -0.15) is 0 Å². The van der Waals surface area contributed by atoms with Gasteiger partial charge in [-0.3, -0.25) is 0 Å². The van der Waals surface area contributed by atoms with Crippen molar-refractivity contribution in [3.63, 3.8) is 0 Å². The van der Waals surface area contributed by atoms with Crippen LogP contribution in [0, 0.1) is 0 Å². The zero-order valence-electron chi connectivity index (χ0n) is 24.4. The third kappa shape index (κ3) is 3.62. The van der Waals surface area contributed by atoms with Gasteiger partial charge >= 0.3 is 0 Å². The van der Waals surface area contributed by atoms with Gasteiger partial charge in [0.15, 0.2) is 0 Å². The summed E-state index contributed by atoms with van der Waals surface area (Å²) in [7, 11) is 0. The number of hydrogen-bond acceptors (Lipinski definition) is 1. The van der Waals surface area contributed by atoms with Gasteiger partial charge in [0.05, 0.1) is 0 Å². The van der Waals surface area contributed by atoms with Crippen LogP contribution in [0.1, 0.15) is 0 Å². The van der Waals surface area contributed by atoms with Gasteiger partial charge in [0.1, 0.15) is 11.5 Å². The van der Waals surface area contributed by atoms with Gasteiger partial charge in [-0.1, -0.05) is 127 Å². The zero-order valence-corrected chi connectivity index (χ0v) is 24.4. The Hall–Kier alpha value is -5.92. The lowest BCUT2D eigenvalue weighted by Gasteiger charge is -2.23. The van der Waals surface area contributed by atoms with E-state index in [2.05, 4.69) is 158 Å². The van der Waals surface area contributed by atoms with Crippen molar-refractivity contribution in [1.29, 1.82) is 0 Å². The lowest BCUT2D eigenvalue weighted by atomic mass is 9.87. The number of hydrogen-bond donors (Lipinski definition) is 0. The fourth-order valence-electron chi connectivity index (χ4n) is 7.53. The molecule has 0 aromatic heterocycles. The molecule has 0 unspecified atom stereocenters. The maximum atomic E-state index is 6.58. The topological polar surface area (TPSA) is 9.23 Å². The van der Waals surface area contributed by atoms with Crippen LogP contribution in [0.5, 0.6) is 11.5 Å². The van der Waals surface area contributed by atoms with Crippen molar-refractivity contribution >= 4 is 53.9 Å². The molecule has 1 heterocycles. The van der Waals surface area contributed by atoms with Gasteiger partial charge in [0.25, 0.3) is 0 Å². The number of benzene rings is 9. The van der Waals surface area contributed by atoms with E-state index in [0.29, 0.717) is 0 Å². The lowest BCUT2D eigenvalue weighted by Crippen LogP contribution is -1.98. The Labute approximate surface area is 260 Å². The summed E-state index contributed by atoms with van der Waals surface area (Å²) in [4.78, 5) is 0. The van der Waals surface area contributed by atoms with Crippen LogP contribution in [0.15, 0.2) is 158 Å². The molecule has 208 valence electrons. The molecule has 0 atom stereocenters. The molecule has 45 heavy (non-hydrogen) atoms. The lowest BCUT2D eigenvalue weighted by molar-refractivity contribution is 0.488. The molecule has 0 aliphatic carbocycles. The van der Waals surface area contributed by atoms with Crippen molar-refractivity contribution in [3.05, 3.63) is 158 Å². The summed E-state index contributed by atoms with van der Waals surface area (Å²) in [5.41, 5.74) is 7.24. The minimum absolute atomic E-state index is 0.900. The summed E-state index contributed by atoms with van der Waals surface area (Å²) in [6.07, 6.45) is 0. The summed E-state index contributed by atoms with van der Waals surface area (Å²) in [5.74, 6) is 1.83. The van der Waals surface area contributed by atoms with Gasteiger partial charge < -0.3 is 4.74 Å². The van der Waals surface area contributed by atoms with E-state index in [1.54, 1.807) is 0 Å². The molecule has 9 aromatic rings. The first-order valence-corrected chi connectivity index (χ1v) is 15.5. The van der Waals surface area contributed by atoms with Crippen LogP contribution < -0.4 is 4.74 Å². The van der Waals surface area contributed by atoms with E-state index in [0.717, 1.165) is 17.1 Å². The van der Waals surface area contributed by atoms with E-state index >= 15 is 0 Å². The third-order valence-electron chi connectivity index (χ3n) is 9.58. The maximum Gasteiger partial charge on any atom is 0.136 e. The van der Waals surface area contributed by atoms with Crippen LogP contribution in [0.25, 0.3) is 87.2 Å². The Balaban J connectivity index is 1.22. The van der Waals surface area contributed by atoms with Gasteiger partial charge in [-0.25, -0.2) is 0 Å². The van der Waals surface area contributed by atoms with Crippen molar-refractivity contribution < 1.29 is 4.74 Å². The highest BCUT2D eigenvalue weighted by atomic mass is 16.5. The van der Waals surface area contributed by atoms with Crippen LogP contribution in [-0.2, 0) is 0 Å². The molecule has 0 saturated heterocycles. The molecular formula is C44H26O. The Morgan fingerprint density at radius 1 is 0.311 bits per heavy atom. The van der Waals surface area contributed by atoms with Crippen molar-refractivity contribution in [1.82, 2.24) is 0 Å². The van der Waals surface area contributed by atoms with Gasteiger partial charge in [-0.15, -0.1) is 0 Å². The highest BCUT2D eigenvalue weighted by Crippen LogP contribution is 2.50. The smallest absolute Gasteiger partial charge is 0.136 e. The van der Waals surface area contributed by atoms with E-state index < -0.39 is 0 Å². The molecule has 1 heteroatoms. The molecule has 0 fully saturated rings. The largest absolute Gasteiger partial charge is 0.456 e. The quantitative estimate of drug-likeness (QED) is 0.148. The normalized spacial score (nSPS) is 12.2. The van der Waals surface area contributed by atoms with Crippen LogP contribution in [0.2, 0.25) is 0 Å². The minimum Gasteiger partial charge on any atom is -0.456 e. The second-order valence-electron chi connectivity index (χ2n) is 12.1. The van der Waals surface area contributed by atoms with E-state index in [9.17, 15) is 0 Å². The molecule has 0 spiro atoms. The highest BCUT2D eigenvalue weighted by Gasteiger charge is 2.22. The molecule has 0 radical (unpaired) electrons. The monoisotopic (exact) mass is 570 g/mol. The maximum absolute atomic E-state index is 6.58. The van der Waals surface area contributed by atoms with Crippen molar-refractivity contribution in [2.24, 2.45) is 0 Å². The molecule has 1 aliphatic heterocycles. The van der Waals surface area contributed by atoms with Gasteiger partial charge in [0.2, 0.25) is 0 Å². The van der Waals surface area contributed by atoms with Gasteiger partial charge in [-0.05, 0) is 107 Å². The van der Waals surface area contributed by atoms with Crippen LogP contribution in [0.4, 0.5) is 0 Å². The molecular weight excluding hydrogens is 544 g/mol. The Kier molecular flexibility index (Phi) is 5.06. The molecule has 0 N–H and O–H groups in total. The third-order valence-corrected chi connectivity index (χ3v) is 9.58. The Bertz CT molecular complexity index is 2670. The fourth-order valence-corrected chi connectivity index (χ4v) is 7.53. The number of rotatable bonds is 2. The SMILES string of the molecule is c1ccc(-c2c3cc(-c4ccc5c(c4)-c4cccc6c4c(cc4ccccc46)O5)ccc3cc3ccc4ccccc4c23)cc1. The molecule has 0 saturated carbocycles. The van der Waals surface area contributed by atoms with Crippen LogP contribution in [0.3, 0.4) is 0 Å². The van der Waals surface area contributed by atoms with E-state index in [1.165, 1.54) is 81.7 Å².